The van der Waals surface area contributed by atoms with Crippen molar-refractivity contribution in [2.24, 2.45) is 5.92 Å². The normalized spacial score (nSPS) is 11.8. The van der Waals surface area contributed by atoms with E-state index < -0.39 is 6.04 Å². The first-order valence-corrected chi connectivity index (χ1v) is 10.6. The van der Waals surface area contributed by atoms with Crippen LogP contribution in [0.15, 0.2) is 53.0 Å². The van der Waals surface area contributed by atoms with Crippen LogP contribution in [0.1, 0.15) is 31.9 Å². The number of nitrogens with one attached hydrogen (secondary N) is 1. The van der Waals surface area contributed by atoms with E-state index in [0.717, 1.165) is 15.6 Å². The molecule has 2 aromatic carbocycles. The number of rotatable bonds is 9. The van der Waals surface area contributed by atoms with E-state index in [1.165, 1.54) is 0 Å². The van der Waals surface area contributed by atoms with E-state index in [1.807, 2.05) is 69.3 Å². The van der Waals surface area contributed by atoms with Gasteiger partial charge in [0.15, 0.2) is 6.61 Å². The second kappa shape index (κ2) is 11.0. The first-order valence-electron chi connectivity index (χ1n) is 9.78. The van der Waals surface area contributed by atoms with Crippen molar-refractivity contribution in [1.82, 2.24) is 10.2 Å². The number of amides is 2. The highest BCUT2D eigenvalue weighted by Gasteiger charge is 2.26. The first kappa shape index (κ1) is 22.9. The molecule has 1 unspecified atom stereocenters. The fraction of sp³-hybridized carbons (Fsp3) is 0.391. The molecule has 0 aliphatic carbocycles. The van der Waals surface area contributed by atoms with Gasteiger partial charge in [0.2, 0.25) is 5.91 Å². The molecule has 0 spiro atoms. The Kier molecular flexibility index (Phi) is 8.70. The molecule has 1 N–H and O–H groups in total. The largest absolute Gasteiger partial charge is 0.484 e. The van der Waals surface area contributed by atoms with Crippen molar-refractivity contribution in [3.63, 3.8) is 0 Å². The van der Waals surface area contributed by atoms with Gasteiger partial charge in [0, 0.05) is 17.6 Å². The van der Waals surface area contributed by atoms with Crippen molar-refractivity contribution in [1.29, 1.82) is 0 Å². The Morgan fingerprint density at radius 1 is 1.10 bits per heavy atom. The number of hydrogen-bond donors (Lipinski definition) is 1. The summed E-state index contributed by atoms with van der Waals surface area (Å²) in [5, 5.41) is 2.91. The summed E-state index contributed by atoms with van der Waals surface area (Å²) in [7, 11) is 0. The zero-order valence-electron chi connectivity index (χ0n) is 17.4. The summed E-state index contributed by atoms with van der Waals surface area (Å²) in [6.07, 6.45) is 0. The Morgan fingerprint density at radius 2 is 1.79 bits per heavy atom. The van der Waals surface area contributed by atoms with Crippen LogP contribution in [0.25, 0.3) is 0 Å². The zero-order chi connectivity index (χ0) is 21.4. The number of ether oxygens (including phenoxy) is 1. The van der Waals surface area contributed by atoms with E-state index in [1.54, 1.807) is 11.8 Å². The molecule has 0 bridgehead atoms. The minimum absolute atomic E-state index is 0.129. The van der Waals surface area contributed by atoms with Crippen LogP contribution >= 0.6 is 15.9 Å². The van der Waals surface area contributed by atoms with Crippen LogP contribution in [0.4, 0.5) is 0 Å². The van der Waals surface area contributed by atoms with Crippen molar-refractivity contribution < 1.29 is 14.3 Å². The second-order valence-electron chi connectivity index (χ2n) is 7.52. The van der Waals surface area contributed by atoms with Crippen molar-refractivity contribution in [3.8, 4) is 5.75 Å². The molecular weight excluding hydrogens is 432 g/mol. The maximum absolute atomic E-state index is 13.0. The third-order valence-corrected chi connectivity index (χ3v) is 5.43. The summed E-state index contributed by atoms with van der Waals surface area (Å²) in [6.45, 7) is 8.57. The SMILES string of the molecule is Cc1cc(OCC(=O)N(Cc2ccccc2)C(C)C(=O)NCC(C)C)ccc1Br. The standard InChI is InChI=1S/C23H29BrN2O3/c1-16(2)13-25-23(28)18(4)26(14-19-8-6-5-7-9-19)22(27)15-29-20-10-11-21(24)17(3)12-20/h5-12,16,18H,13-15H2,1-4H3,(H,25,28). The number of carbonyl (C=O) groups is 2. The summed E-state index contributed by atoms with van der Waals surface area (Å²) in [5.74, 6) is 0.563. The third kappa shape index (κ3) is 7.20. The molecule has 0 saturated heterocycles. The average Bonchev–Trinajstić information content (AvgIpc) is 2.71. The van der Waals surface area contributed by atoms with Gasteiger partial charge in [-0.05, 0) is 49.1 Å². The lowest BCUT2D eigenvalue weighted by Crippen LogP contribution is -2.49. The van der Waals surface area contributed by atoms with Gasteiger partial charge in [0.05, 0.1) is 0 Å². The van der Waals surface area contributed by atoms with Crippen LogP contribution in [-0.2, 0) is 16.1 Å². The second-order valence-corrected chi connectivity index (χ2v) is 8.38. The van der Waals surface area contributed by atoms with E-state index in [-0.39, 0.29) is 18.4 Å². The Hall–Kier alpha value is -2.34. The van der Waals surface area contributed by atoms with Crippen molar-refractivity contribution >= 4 is 27.7 Å². The first-order chi connectivity index (χ1) is 13.8. The number of benzene rings is 2. The lowest BCUT2D eigenvalue weighted by atomic mass is 10.1. The summed E-state index contributed by atoms with van der Waals surface area (Å²) in [4.78, 5) is 27.1. The molecule has 6 heteroatoms. The predicted molar refractivity (Wildman–Crippen MR) is 119 cm³/mol. The zero-order valence-corrected chi connectivity index (χ0v) is 19.0. The van der Waals surface area contributed by atoms with Crippen LogP contribution in [0.5, 0.6) is 5.75 Å². The van der Waals surface area contributed by atoms with Crippen molar-refractivity contribution in [2.45, 2.75) is 40.3 Å². The lowest BCUT2D eigenvalue weighted by molar-refractivity contribution is -0.142. The van der Waals surface area contributed by atoms with E-state index in [2.05, 4.69) is 21.2 Å². The van der Waals surface area contributed by atoms with Gasteiger partial charge in [-0.2, -0.15) is 0 Å². The summed E-state index contributed by atoms with van der Waals surface area (Å²) in [6, 6.07) is 14.6. The number of carbonyl (C=O) groups excluding carboxylic acids is 2. The molecule has 2 amide bonds. The smallest absolute Gasteiger partial charge is 0.261 e. The highest BCUT2D eigenvalue weighted by Crippen LogP contribution is 2.21. The molecule has 1 atom stereocenters. The topological polar surface area (TPSA) is 58.6 Å². The summed E-state index contributed by atoms with van der Waals surface area (Å²) in [5.41, 5.74) is 1.99. The number of hydrogen-bond acceptors (Lipinski definition) is 3. The summed E-state index contributed by atoms with van der Waals surface area (Å²) >= 11 is 3.45. The molecular formula is C23H29BrN2O3. The van der Waals surface area contributed by atoms with Gasteiger partial charge in [-0.25, -0.2) is 0 Å². The highest BCUT2D eigenvalue weighted by molar-refractivity contribution is 9.10. The van der Waals surface area contributed by atoms with E-state index in [0.29, 0.717) is 24.8 Å². The quantitative estimate of drug-likeness (QED) is 0.605. The van der Waals surface area contributed by atoms with Gasteiger partial charge >= 0.3 is 0 Å². The molecule has 0 radical (unpaired) electrons. The van der Waals surface area contributed by atoms with Gasteiger partial charge in [-0.15, -0.1) is 0 Å². The third-order valence-electron chi connectivity index (χ3n) is 4.54. The Morgan fingerprint density at radius 3 is 2.41 bits per heavy atom. The molecule has 156 valence electrons. The van der Waals surface area contributed by atoms with Crippen LogP contribution in [0, 0.1) is 12.8 Å². The average molecular weight is 461 g/mol. The molecule has 2 aromatic rings. The summed E-state index contributed by atoms with van der Waals surface area (Å²) < 4.78 is 6.69. The van der Waals surface area contributed by atoms with Crippen LogP contribution in [0.3, 0.4) is 0 Å². The molecule has 5 nitrogen and oxygen atoms in total. The monoisotopic (exact) mass is 460 g/mol. The van der Waals surface area contributed by atoms with Crippen molar-refractivity contribution in [3.05, 3.63) is 64.1 Å². The molecule has 2 rings (SSSR count). The molecule has 0 aliphatic heterocycles. The van der Waals surface area contributed by atoms with Gasteiger partial charge < -0.3 is 15.0 Å². The lowest BCUT2D eigenvalue weighted by Gasteiger charge is -2.29. The number of aryl methyl sites for hydroxylation is 1. The Balaban J connectivity index is 2.10. The van der Waals surface area contributed by atoms with Gasteiger partial charge in [0.1, 0.15) is 11.8 Å². The Labute approximate surface area is 181 Å². The van der Waals surface area contributed by atoms with Gasteiger partial charge in [0.25, 0.3) is 5.91 Å². The van der Waals surface area contributed by atoms with Gasteiger partial charge in [-0.3, -0.25) is 9.59 Å². The van der Waals surface area contributed by atoms with E-state index in [4.69, 9.17) is 4.74 Å². The molecule has 0 fully saturated rings. The maximum Gasteiger partial charge on any atom is 0.261 e. The van der Waals surface area contributed by atoms with Crippen LogP contribution in [-0.4, -0.2) is 35.9 Å². The fourth-order valence-corrected chi connectivity index (χ4v) is 3.00. The number of halogens is 1. The highest BCUT2D eigenvalue weighted by atomic mass is 79.9. The predicted octanol–water partition coefficient (Wildman–Crippen LogP) is 4.33. The molecule has 0 saturated carbocycles. The van der Waals surface area contributed by atoms with Gasteiger partial charge in [-0.1, -0.05) is 60.1 Å². The van der Waals surface area contributed by atoms with E-state index >= 15 is 0 Å². The Bertz CT molecular complexity index is 824. The van der Waals surface area contributed by atoms with Crippen molar-refractivity contribution in [2.75, 3.05) is 13.2 Å². The molecule has 0 heterocycles. The minimum Gasteiger partial charge on any atom is -0.484 e. The molecule has 0 aromatic heterocycles. The van der Waals surface area contributed by atoms with E-state index in [9.17, 15) is 9.59 Å². The molecule has 29 heavy (non-hydrogen) atoms. The number of nitrogens with zero attached hydrogens (tertiary/aromatic N) is 1. The van der Waals surface area contributed by atoms with Crippen LogP contribution < -0.4 is 10.1 Å². The van der Waals surface area contributed by atoms with Crippen LogP contribution in [0.2, 0.25) is 0 Å². The minimum atomic E-state index is -0.600. The molecule has 0 aliphatic rings. The maximum atomic E-state index is 13.0. The fourth-order valence-electron chi connectivity index (χ4n) is 2.75.